The van der Waals surface area contributed by atoms with E-state index in [-0.39, 0.29) is 19.0 Å². The van der Waals surface area contributed by atoms with E-state index >= 15 is 0 Å². The van der Waals surface area contributed by atoms with Crippen LogP contribution in [0.15, 0.2) is 18.2 Å². The number of rotatable bonds is 2. The summed E-state index contributed by atoms with van der Waals surface area (Å²) in [6.45, 7) is 1.66. The zero-order chi connectivity index (χ0) is 11.7. The fourth-order valence-electron chi connectivity index (χ4n) is 1.83. The molecule has 1 heterocycles. The Labute approximate surface area is 104 Å². The topological polar surface area (TPSA) is 38.7 Å². The van der Waals surface area contributed by atoms with Crippen LogP contribution in [-0.4, -0.2) is 24.1 Å². The van der Waals surface area contributed by atoms with E-state index in [1.807, 2.05) is 0 Å². The maximum Gasteiger partial charge on any atom is 0.233 e. The molecule has 1 aliphatic rings. The second-order valence-corrected chi connectivity index (χ2v) is 4.48. The zero-order valence-corrected chi connectivity index (χ0v) is 10.3. The van der Waals surface area contributed by atoms with Crippen LogP contribution < -0.4 is 0 Å². The zero-order valence-electron chi connectivity index (χ0n) is 8.72. The number of halogens is 2. The lowest BCUT2D eigenvalue weighted by molar-refractivity contribution is -0.291. The summed E-state index contributed by atoms with van der Waals surface area (Å²) in [4.78, 5) is 0. The van der Waals surface area contributed by atoms with Crippen LogP contribution in [-0.2, 0) is 9.47 Å². The third-order valence-electron chi connectivity index (χ3n) is 2.52. The van der Waals surface area contributed by atoms with Crippen molar-refractivity contribution in [3.8, 4) is 0 Å². The van der Waals surface area contributed by atoms with Gasteiger partial charge in [-0.05, 0) is 13.0 Å². The highest BCUT2D eigenvalue weighted by Gasteiger charge is 2.38. The Hall–Kier alpha value is -0.320. The molecule has 3 nitrogen and oxygen atoms in total. The maximum atomic E-state index is 9.22. The van der Waals surface area contributed by atoms with Crippen molar-refractivity contribution in [2.24, 2.45) is 0 Å². The van der Waals surface area contributed by atoms with Crippen LogP contribution in [0.3, 0.4) is 0 Å². The van der Waals surface area contributed by atoms with Crippen molar-refractivity contribution >= 4 is 11.6 Å². The number of aliphatic hydroxyl groups is 1. The predicted molar refractivity (Wildman–Crippen MR) is 57.3 cm³/mol. The van der Waals surface area contributed by atoms with Gasteiger partial charge in [-0.15, -0.1) is 0 Å². The third-order valence-corrected chi connectivity index (χ3v) is 3.21. The maximum absolute atomic E-state index is 9.22. The molecule has 1 aromatic carbocycles. The molecule has 1 aliphatic heterocycles. The van der Waals surface area contributed by atoms with Crippen molar-refractivity contribution in [2.45, 2.75) is 25.4 Å². The first-order valence-corrected chi connectivity index (χ1v) is 5.79. The van der Waals surface area contributed by atoms with E-state index in [1.165, 1.54) is 0 Å². The summed E-state index contributed by atoms with van der Waals surface area (Å²) in [6.07, 6.45) is -1.15. The summed E-state index contributed by atoms with van der Waals surface area (Å²) < 4.78 is 11.0. The average molecular weight is 264 g/mol. The Kier molecular flexibility index (Phi) is 3.72. The highest BCUT2D eigenvalue weighted by Crippen LogP contribution is 2.38. The molecular weight excluding hydrogens is 251 g/mol. The summed E-state index contributed by atoms with van der Waals surface area (Å²) >= 11 is 11.3. The molecule has 5 heteroatoms. The molecule has 0 saturated carbocycles. The normalized spacial score (nSPS) is 29.6. The molecule has 1 saturated heterocycles. The van der Waals surface area contributed by atoms with Crippen LogP contribution in [0.1, 0.15) is 18.6 Å². The van der Waals surface area contributed by atoms with Crippen LogP contribution in [0.5, 0.6) is 0 Å². The highest BCUT2D eigenvalue weighted by atomic mass is 35.5. The average Bonchev–Trinajstić information content (AvgIpc) is 2.59. The molecule has 1 fully saturated rings. The third kappa shape index (κ3) is 2.19. The largest absolute Gasteiger partial charge is 0.394 e. The molecule has 0 bridgehead atoms. The molecule has 0 aliphatic carbocycles. The Morgan fingerprint density at radius 3 is 2.81 bits per heavy atom. The van der Waals surface area contributed by atoms with E-state index in [1.54, 1.807) is 25.1 Å². The van der Waals surface area contributed by atoms with Gasteiger partial charge in [-0.3, -0.25) is 0 Å². The first-order chi connectivity index (χ1) is 7.63. The van der Waals surface area contributed by atoms with Gasteiger partial charge in [0.2, 0.25) is 5.02 Å². The van der Waals surface area contributed by atoms with E-state index < -0.39 is 6.10 Å². The first kappa shape index (κ1) is 12.1. The van der Waals surface area contributed by atoms with Gasteiger partial charge in [0, 0.05) is 6.07 Å². The molecule has 0 amide bonds. The van der Waals surface area contributed by atoms with Gasteiger partial charge >= 0.3 is 0 Å². The van der Waals surface area contributed by atoms with Gasteiger partial charge in [0.05, 0.1) is 17.2 Å². The summed E-state index contributed by atoms with van der Waals surface area (Å²) in [7, 11) is 0. The molecular formula is C11H13Cl2O3+. The van der Waals surface area contributed by atoms with Crippen molar-refractivity contribution in [3.63, 3.8) is 0 Å². The van der Waals surface area contributed by atoms with Crippen molar-refractivity contribution in [1.82, 2.24) is 0 Å². The quantitative estimate of drug-likeness (QED) is 0.885. The number of hydrogen-bond donors (Lipinski definition) is 1. The lowest BCUT2D eigenvalue weighted by atomic mass is 10.0. The molecule has 3 atom stereocenters. The van der Waals surface area contributed by atoms with Gasteiger partial charge in [-0.2, -0.15) is 0 Å². The Bertz CT molecular complexity index is 363. The monoisotopic (exact) mass is 263 g/mol. The van der Waals surface area contributed by atoms with Gasteiger partial charge in [0.25, 0.3) is 0 Å². The molecule has 0 spiro atoms. The molecule has 0 radical (unpaired) electrons. The smallest absolute Gasteiger partial charge is 0.233 e. The van der Waals surface area contributed by atoms with E-state index in [9.17, 15) is 5.11 Å². The number of ether oxygens (including phenoxy) is 2. The standard InChI is InChI=1S/C11H13Cl2O3/c1-6-15-9(5-14)11(16-6)10-7(12)3-2-4-8(10)13/h2-4,6,9,11-12,14H,5H2,1H3/q+1/t6?,9-,11+/m0/s1. The molecule has 16 heavy (non-hydrogen) atoms. The summed E-state index contributed by atoms with van der Waals surface area (Å²) in [6, 6.07) is 5.34. The molecule has 1 unspecified atom stereocenters. The van der Waals surface area contributed by atoms with Crippen molar-refractivity contribution < 1.29 is 26.2 Å². The predicted octanol–water partition coefficient (Wildman–Crippen LogP) is 1.83. The fourth-order valence-corrected chi connectivity index (χ4v) is 2.47. The van der Waals surface area contributed by atoms with Crippen LogP contribution in [0.2, 0.25) is 10.0 Å². The second kappa shape index (κ2) is 4.90. The number of hydrogen-bond acceptors (Lipinski definition) is 3. The minimum atomic E-state index is -0.406. The Morgan fingerprint density at radius 1 is 1.44 bits per heavy atom. The fraction of sp³-hybridized carbons (Fsp3) is 0.455. The minimum Gasteiger partial charge on any atom is -0.394 e. The van der Waals surface area contributed by atoms with Gasteiger partial charge in [-0.25, -0.2) is 0 Å². The number of benzene rings is 1. The highest BCUT2D eigenvalue weighted by molar-refractivity contribution is 6.31. The van der Waals surface area contributed by atoms with E-state index in [2.05, 4.69) is 0 Å². The van der Waals surface area contributed by atoms with E-state index in [0.29, 0.717) is 10.0 Å². The molecule has 2 rings (SSSR count). The summed E-state index contributed by atoms with van der Waals surface area (Å²) in [5.41, 5.74) is 0.725. The van der Waals surface area contributed by atoms with Crippen molar-refractivity contribution in [1.29, 1.82) is 0 Å². The van der Waals surface area contributed by atoms with Gasteiger partial charge in [0.15, 0.2) is 17.9 Å². The van der Waals surface area contributed by atoms with Crippen molar-refractivity contribution in [3.05, 3.63) is 33.8 Å². The summed E-state index contributed by atoms with van der Waals surface area (Å²) in [5.74, 6) is 0. The second-order valence-electron chi connectivity index (χ2n) is 3.63. The lowest BCUT2D eigenvalue weighted by Crippen LogP contribution is -2.20. The van der Waals surface area contributed by atoms with Crippen LogP contribution in [0.25, 0.3) is 0 Å². The Morgan fingerprint density at radius 2 is 2.19 bits per heavy atom. The Balaban J connectivity index is 2.36. The van der Waals surface area contributed by atoms with Crippen LogP contribution in [0, 0.1) is 11.6 Å². The molecule has 1 N–H and O–H groups in total. The van der Waals surface area contributed by atoms with Crippen LogP contribution >= 0.6 is 11.6 Å². The van der Waals surface area contributed by atoms with E-state index in [0.717, 1.165) is 5.56 Å². The first-order valence-electron chi connectivity index (χ1n) is 5.00. The SMILES string of the molecule is CC1O[C@@H](CO)[C@H](c2c(Cl)cccc2[ClH+])O1. The molecule has 88 valence electrons. The van der Waals surface area contributed by atoms with E-state index in [4.69, 9.17) is 32.7 Å². The minimum absolute atomic E-state index is 0.116. The number of aliphatic hydroxyl groups excluding tert-OH is 1. The summed E-state index contributed by atoms with van der Waals surface area (Å²) in [5, 5.41) is 10.4. The molecule has 1 aromatic rings. The lowest BCUT2D eigenvalue weighted by Gasteiger charge is -2.15. The van der Waals surface area contributed by atoms with Crippen LogP contribution in [0.4, 0.5) is 0 Å². The van der Waals surface area contributed by atoms with Gasteiger partial charge in [-0.1, -0.05) is 17.7 Å². The molecule has 0 aromatic heterocycles. The van der Waals surface area contributed by atoms with Gasteiger partial charge < -0.3 is 14.6 Å². The van der Waals surface area contributed by atoms with Crippen molar-refractivity contribution in [2.75, 3.05) is 6.61 Å². The van der Waals surface area contributed by atoms with Gasteiger partial charge in [0.1, 0.15) is 12.2 Å².